The predicted octanol–water partition coefficient (Wildman–Crippen LogP) is 12.2. The Kier molecular flexibility index (Phi) is 15.2. The molecule has 9 rings (SSSR count). The van der Waals surface area contributed by atoms with E-state index >= 15 is 4.79 Å². The van der Waals surface area contributed by atoms with Crippen LogP contribution in [0.4, 0.5) is 10.5 Å². The largest absolute Gasteiger partial charge is 0.459 e. The molecular weight excluding hydrogens is 899 g/mol. The molecule has 1 amide bonds. The first kappa shape index (κ1) is 48.7. The first-order valence-corrected chi connectivity index (χ1v) is 24.4. The number of nitro groups is 1. The third-order valence-electron chi connectivity index (χ3n) is 14.1. The normalized spacial score (nSPS) is 21.5. The first-order chi connectivity index (χ1) is 34.7. The molecule has 0 radical (unpaired) electrons. The second-order valence-electron chi connectivity index (χ2n) is 18.3. The van der Waals surface area contributed by atoms with Gasteiger partial charge < -0.3 is 34.0 Å². The molecule has 0 spiro atoms. The molecule has 6 aromatic carbocycles. The van der Waals surface area contributed by atoms with Crippen molar-refractivity contribution in [3.63, 3.8) is 0 Å². The smallest absolute Gasteiger partial charge is 0.416 e. The minimum absolute atomic E-state index is 0.0205. The van der Waals surface area contributed by atoms with E-state index in [0.717, 1.165) is 64.3 Å². The Morgan fingerprint density at radius 2 is 1.54 bits per heavy atom. The number of non-ortho nitro benzene ring substituents is 1. The quantitative estimate of drug-likeness (QED) is 0.0326. The maximum atomic E-state index is 15.3. The Hall–Kier alpha value is -7.32. The highest BCUT2D eigenvalue weighted by Gasteiger charge is 2.66. The van der Waals surface area contributed by atoms with Crippen LogP contribution in [-0.2, 0) is 16.1 Å². The van der Waals surface area contributed by atoms with Crippen molar-refractivity contribution >= 4 is 28.3 Å². The number of nitrogens with zero attached hydrogens (tertiary/aromatic N) is 3. The van der Waals surface area contributed by atoms with E-state index in [-0.39, 0.29) is 62.0 Å². The lowest BCUT2D eigenvalue weighted by atomic mass is 9.55. The topological polar surface area (TPSA) is 162 Å². The lowest BCUT2D eigenvalue weighted by molar-refractivity contribution is -0.384. The average Bonchev–Trinajstić information content (AvgIpc) is 3.39. The van der Waals surface area contributed by atoms with Gasteiger partial charge in [0.1, 0.15) is 36.1 Å². The number of unbranched alkanes of at least 4 members (excludes halogenated alkanes) is 2. The molecule has 2 aliphatic carbocycles. The SMILES string of the molecule is C=CCO[C@@]12Oc3ccc(Oc4ccc(-c5ccccc5)cc4)cc3[C@H]3[C@H](CCCCO)[C@@H](CCCCO)C=C(C(=NOC)C[C@@H]1N(Cc1cccc4ccccc14)C(=O)Oc1ccc([N+](=O)[O-])cc1)[C@H]32. The van der Waals surface area contributed by atoms with Crippen LogP contribution in [0.15, 0.2) is 169 Å². The van der Waals surface area contributed by atoms with Crippen LogP contribution in [0, 0.1) is 27.9 Å². The molecule has 1 heterocycles. The van der Waals surface area contributed by atoms with Gasteiger partial charge in [-0.15, -0.1) is 6.58 Å². The van der Waals surface area contributed by atoms with E-state index in [1.54, 1.807) is 11.0 Å². The number of hydrogen-bond acceptors (Lipinski definition) is 11. The van der Waals surface area contributed by atoms with Crippen LogP contribution in [0.3, 0.4) is 0 Å². The fraction of sp³-hybridized carbons (Fsp3) is 0.310. The zero-order valence-corrected chi connectivity index (χ0v) is 39.8. The zero-order chi connectivity index (χ0) is 49.3. The number of allylic oxidation sites excluding steroid dienone is 1. The number of aliphatic hydroxyl groups excluding tert-OH is 2. The van der Waals surface area contributed by atoms with Crippen molar-refractivity contribution in [3.8, 4) is 34.1 Å². The van der Waals surface area contributed by atoms with Crippen LogP contribution < -0.4 is 14.2 Å². The van der Waals surface area contributed by atoms with E-state index in [9.17, 15) is 20.3 Å². The summed E-state index contributed by atoms with van der Waals surface area (Å²) in [5, 5.41) is 38.3. The van der Waals surface area contributed by atoms with Crippen molar-refractivity contribution < 1.29 is 43.7 Å². The lowest BCUT2D eigenvalue weighted by Crippen LogP contribution is -2.70. The molecular formula is C58H59N3O10. The highest BCUT2D eigenvalue weighted by atomic mass is 16.7. The van der Waals surface area contributed by atoms with Gasteiger partial charge in [0.25, 0.3) is 5.69 Å². The number of carbonyl (C=O) groups is 1. The summed E-state index contributed by atoms with van der Waals surface area (Å²) in [5.74, 6) is -0.507. The van der Waals surface area contributed by atoms with Crippen molar-refractivity contribution in [2.75, 3.05) is 26.9 Å². The minimum Gasteiger partial charge on any atom is -0.459 e. The molecule has 0 aromatic heterocycles. The fourth-order valence-electron chi connectivity index (χ4n) is 11.0. The maximum absolute atomic E-state index is 15.3. The highest BCUT2D eigenvalue weighted by Crippen LogP contribution is 2.62. The molecule has 6 atom stereocenters. The molecule has 6 aromatic rings. The first-order valence-electron chi connectivity index (χ1n) is 24.4. The van der Waals surface area contributed by atoms with Crippen molar-refractivity contribution in [1.82, 2.24) is 4.90 Å². The standard InChI is InChI=1S/C58H59N3O10/c1-3-34-68-58-54(60(38-43-19-13-18-41-16-7-8-20-48(41)43)57(64)70-46-28-24-44(25-29-46)61(65)66)37-52(59-67-2)50-35-42(17-9-11-32-62)49(21-10-12-33-63)55(56(50)58)51-36-47(30-31-53(51)71-58)69-45-26-22-40(23-27-45)39-14-5-4-6-15-39/h3-8,13-16,18-20,22-31,35-36,42,49,54-56,62-63H,1,9-12,17,21,32-34,37-38H2,2H3/t42-,49+,54-,55+,56+,58+/m0/s1. The monoisotopic (exact) mass is 957 g/mol. The highest BCUT2D eigenvalue weighted by molar-refractivity contribution is 6.03. The summed E-state index contributed by atoms with van der Waals surface area (Å²) in [6, 6.07) is 42.5. The Bertz CT molecular complexity index is 2880. The average molecular weight is 958 g/mol. The van der Waals surface area contributed by atoms with Crippen molar-refractivity contribution in [2.24, 2.45) is 22.9 Å². The summed E-state index contributed by atoms with van der Waals surface area (Å²) in [4.78, 5) is 33.7. The predicted molar refractivity (Wildman–Crippen MR) is 273 cm³/mol. The number of hydrogen-bond donors (Lipinski definition) is 2. The molecule has 1 saturated carbocycles. The third kappa shape index (κ3) is 10.3. The van der Waals surface area contributed by atoms with E-state index in [4.69, 9.17) is 28.9 Å². The van der Waals surface area contributed by atoms with E-state index in [2.05, 4.69) is 30.9 Å². The molecule has 3 aliphatic rings. The van der Waals surface area contributed by atoms with E-state index in [1.807, 2.05) is 97.1 Å². The molecule has 2 N–H and O–H groups in total. The molecule has 13 heteroatoms. The van der Waals surface area contributed by atoms with Gasteiger partial charge in [0, 0.05) is 43.2 Å². The van der Waals surface area contributed by atoms with Gasteiger partial charge in [0.15, 0.2) is 0 Å². The Labute approximate surface area is 413 Å². The molecule has 1 aliphatic heterocycles. The Morgan fingerprint density at radius 1 is 0.845 bits per heavy atom. The molecule has 0 saturated heterocycles. The molecule has 0 unspecified atom stereocenters. The number of aliphatic hydroxyl groups is 2. The summed E-state index contributed by atoms with van der Waals surface area (Å²) in [6.45, 7) is 4.31. The minimum atomic E-state index is -1.58. The van der Waals surface area contributed by atoms with Crippen molar-refractivity contribution in [2.45, 2.75) is 69.2 Å². The van der Waals surface area contributed by atoms with Gasteiger partial charge in [-0.25, -0.2) is 4.79 Å². The Morgan fingerprint density at radius 3 is 2.27 bits per heavy atom. The summed E-state index contributed by atoms with van der Waals surface area (Å²) in [5.41, 5.74) is 5.28. The third-order valence-corrected chi connectivity index (χ3v) is 14.1. The number of benzene rings is 6. The van der Waals surface area contributed by atoms with Gasteiger partial charge in [-0.2, -0.15) is 0 Å². The number of oxime groups is 1. The number of nitro benzene ring substituents is 1. The number of ether oxygens (including phenoxy) is 4. The summed E-state index contributed by atoms with van der Waals surface area (Å²) < 4.78 is 27.5. The number of fused-ring (bicyclic) bond motifs is 3. The van der Waals surface area contributed by atoms with Crippen LogP contribution in [0.1, 0.15) is 62.0 Å². The summed E-state index contributed by atoms with van der Waals surface area (Å²) >= 11 is 0. The van der Waals surface area contributed by atoms with E-state index < -0.39 is 28.8 Å². The molecule has 0 bridgehead atoms. The summed E-state index contributed by atoms with van der Waals surface area (Å²) in [6.07, 6.45) is 7.70. The molecule has 1 fully saturated rings. The van der Waals surface area contributed by atoms with Gasteiger partial charge in [-0.1, -0.05) is 115 Å². The second kappa shape index (κ2) is 22.2. The molecule has 71 heavy (non-hydrogen) atoms. The lowest BCUT2D eigenvalue weighted by Gasteiger charge is -2.59. The van der Waals surface area contributed by atoms with E-state index in [0.29, 0.717) is 35.8 Å². The van der Waals surface area contributed by atoms with Crippen LogP contribution in [-0.4, -0.2) is 70.6 Å². The van der Waals surface area contributed by atoms with Crippen LogP contribution >= 0.6 is 0 Å². The zero-order valence-electron chi connectivity index (χ0n) is 39.8. The summed E-state index contributed by atoms with van der Waals surface area (Å²) in [7, 11) is 1.51. The number of rotatable bonds is 20. The van der Waals surface area contributed by atoms with Gasteiger partial charge in [0.05, 0.1) is 29.7 Å². The van der Waals surface area contributed by atoms with Crippen LogP contribution in [0.2, 0.25) is 0 Å². The molecule has 366 valence electrons. The number of carbonyl (C=O) groups excluding carboxylic acids is 1. The van der Waals surface area contributed by atoms with Gasteiger partial charge in [-0.3, -0.25) is 15.0 Å². The Balaban J connectivity index is 1.22. The van der Waals surface area contributed by atoms with Gasteiger partial charge in [-0.05, 0) is 113 Å². The van der Waals surface area contributed by atoms with Crippen LogP contribution in [0.5, 0.6) is 23.0 Å². The van der Waals surface area contributed by atoms with Crippen molar-refractivity contribution in [3.05, 3.63) is 185 Å². The second-order valence-corrected chi connectivity index (χ2v) is 18.3. The maximum Gasteiger partial charge on any atom is 0.416 e. The van der Waals surface area contributed by atoms with Gasteiger partial charge in [0.2, 0.25) is 5.79 Å². The van der Waals surface area contributed by atoms with Crippen molar-refractivity contribution in [1.29, 1.82) is 0 Å². The number of amides is 1. The van der Waals surface area contributed by atoms with E-state index in [1.165, 1.54) is 31.4 Å². The van der Waals surface area contributed by atoms with Gasteiger partial charge >= 0.3 is 6.09 Å². The fourth-order valence-corrected chi connectivity index (χ4v) is 11.0. The van der Waals surface area contributed by atoms with Crippen LogP contribution in [0.25, 0.3) is 21.9 Å². The molecule has 13 nitrogen and oxygen atoms in total.